The van der Waals surface area contributed by atoms with Crippen LogP contribution in [0.25, 0.3) is 10.8 Å². The molecular formula is C12H10F2S. The van der Waals surface area contributed by atoms with E-state index in [4.69, 9.17) is 0 Å². The third kappa shape index (κ3) is 2.48. The largest absolute Gasteiger partial charge is 0.284 e. The summed E-state index contributed by atoms with van der Waals surface area (Å²) in [6, 6.07) is 13.6. The first kappa shape index (κ1) is 10.4. The van der Waals surface area contributed by atoms with Gasteiger partial charge >= 0.3 is 0 Å². The lowest BCUT2D eigenvalue weighted by atomic mass is 10.1. The van der Waals surface area contributed by atoms with Crippen LogP contribution in [-0.2, 0) is 5.75 Å². The molecule has 2 aromatic rings. The van der Waals surface area contributed by atoms with Crippen LogP contribution in [-0.4, -0.2) is 5.76 Å². The molecule has 0 spiro atoms. The summed E-state index contributed by atoms with van der Waals surface area (Å²) in [5, 5.41) is 2.16. The van der Waals surface area contributed by atoms with Crippen molar-refractivity contribution in [2.45, 2.75) is 11.5 Å². The predicted octanol–water partition coefficient (Wildman–Crippen LogP) is 4.30. The molecule has 3 heteroatoms. The monoisotopic (exact) mass is 224 g/mol. The van der Waals surface area contributed by atoms with Crippen LogP contribution in [0.15, 0.2) is 42.5 Å². The minimum atomic E-state index is -2.30. The molecule has 0 nitrogen and oxygen atoms in total. The van der Waals surface area contributed by atoms with Gasteiger partial charge in [0.25, 0.3) is 5.76 Å². The van der Waals surface area contributed by atoms with Gasteiger partial charge in [-0.15, -0.1) is 0 Å². The quantitative estimate of drug-likeness (QED) is 0.749. The molecule has 0 aliphatic heterocycles. The molecule has 0 aliphatic rings. The molecule has 0 bridgehead atoms. The second-order valence-corrected chi connectivity index (χ2v) is 4.19. The van der Waals surface area contributed by atoms with Gasteiger partial charge in [0.15, 0.2) is 0 Å². The zero-order valence-corrected chi connectivity index (χ0v) is 8.81. The molecule has 0 atom stereocenters. The Morgan fingerprint density at radius 1 is 1.00 bits per heavy atom. The molecule has 2 aromatic carbocycles. The van der Waals surface area contributed by atoms with E-state index in [1.54, 1.807) is 0 Å². The van der Waals surface area contributed by atoms with Gasteiger partial charge in [-0.05, 0) is 16.3 Å². The van der Waals surface area contributed by atoms with Crippen LogP contribution in [0, 0.1) is 0 Å². The molecular weight excluding hydrogens is 214 g/mol. The first-order valence-electron chi connectivity index (χ1n) is 4.64. The van der Waals surface area contributed by atoms with Gasteiger partial charge in [0, 0.05) is 5.75 Å². The second-order valence-electron chi connectivity index (χ2n) is 3.21. The van der Waals surface area contributed by atoms with Gasteiger partial charge in [-0.25, -0.2) is 0 Å². The Morgan fingerprint density at radius 3 is 2.53 bits per heavy atom. The average Bonchev–Trinajstić information content (AvgIpc) is 2.26. The van der Waals surface area contributed by atoms with Crippen molar-refractivity contribution in [3.63, 3.8) is 0 Å². The van der Waals surface area contributed by atoms with Crippen LogP contribution < -0.4 is 0 Å². The Morgan fingerprint density at radius 2 is 1.73 bits per heavy atom. The molecule has 0 aliphatic carbocycles. The van der Waals surface area contributed by atoms with Crippen molar-refractivity contribution in [2.75, 3.05) is 0 Å². The van der Waals surface area contributed by atoms with Gasteiger partial charge in [0.05, 0.1) is 0 Å². The molecule has 0 saturated heterocycles. The Bertz CT molecular complexity index is 449. The average molecular weight is 224 g/mol. The van der Waals surface area contributed by atoms with Crippen LogP contribution in [0.1, 0.15) is 5.56 Å². The molecule has 0 N–H and O–H groups in total. The van der Waals surface area contributed by atoms with E-state index < -0.39 is 5.76 Å². The van der Waals surface area contributed by atoms with Crippen molar-refractivity contribution in [3.05, 3.63) is 48.0 Å². The summed E-state index contributed by atoms with van der Waals surface area (Å²) >= 11 is 0.666. The van der Waals surface area contributed by atoms with Gasteiger partial charge in [0.2, 0.25) is 0 Å². The Balaban J connectivity index is 2.34. The number of fused-ring (bicyclic) bond motifs is 1. The molecule has 15 heavy (non-hydrogen) atoms. The van der Waals surface area contributed by atoms with E-state index in [2.05, 4.69) is 0 Å². The molecule has 0 aromatic heterocycles. The standard InChI is InChI=1S/C12H10F2S/c13-12(14)15-8-10-6-3-5-9-4-1-2-7-11(9)10/h1-7,12H,8H2. The Labute approximate surface area is 91.3 Å². The van der Waals surface area contributed by atoms with E-state index in [9.17, 15) is 8.78 Å². The summed E-state index contributed by atoms with van der Waals surface area (Å²) in [5.41, 5.74) is 0.971. The number of thioether (sulfide) groups is 1. The molecule has 2 rings (SSSR count). The van der Waals surface area contributed by atoms with Crippen molar-refractivity contribution in [1.29, 1.82) is 0 Å². The molecule has 0 saturated carbocycles. The summed E-state index contributed by atoms with van der Waals surface area (Å²) in [4.78, 5) is 0. The fraction of sp³-hybridized carbons (Fsp3) is 0.167. The fourth-order valence-electron chi connectivity index (χ4n) is 1.57. The number of hydrogen-bond donors (Lipinski definition) is 0. The molecule has 0 amide bonds. The minimum absolute atomic E-state index is 0.360. The van der Waals surface area contributed by atoms with Crippen LogP contribution in [0.5, 0.6) is 0 Å². The van der Waals surface area contributed by atoms with E-state index in [1.807, 2.05) is 42.5 Å². The summed E-state index contributed by atoms with van der Waals surface area (Å²) in [7, 11) is 0. The summed E-state index contributed by atoms with van der Waals surface area (Å²) in [6.45, 7) is 0. The van der Waals surface area contributed by atoms with E-state index in [0.717, 1.165) is 16.3 Å². The summed E-state index contributed by atoms with van der Waals surface area (Å²) in [6.07, 6.45) is 0. The highest BCUT2D eigenvalue weighted by atomic mass is 32.2. The third-order valence-electron chi connectivity index (χ3n) is 2.24. The molecule has 0 heterocycles. The summed E-state index contributed by atoms with van der Waals surface area (Å²) in [5.74, 6) is -1.94. The van der Waals surface area contributed by atoms with Gasteiger partial charge in [-0.1, -0.05) is 54.2 Å². The third-order valence-corrected chi connectivity index (χ3v) is 2.97. The predicted molar refractivity (Wildman–Crippen MR) is 61.2 cm³/mol. The zero-order valence-electron chi connectivity index (χ0n) is 7.99. The number of halogens is 2. The second kappa shape index (κ2) is 4.62. The van der Waals surface area contributed by atoms with Crippen molar-refractivity contribution in [2.24, 2.45) is 0 Å². The van der Waals surface area contributed by atoms with Crippen molar-refractivity contribution in [1.82, 2.24) is 0 Å². The van der Waals surface area contributed by atoms with Crippen molar-refractivity contribution in [3.8, 4) is 0 Å². The van der Waals surface area contributed by atoms with E-state index >= 15 is 0 Å². The smallest absolute Gasteiger partial charge is 0.198 e. The van der Waals surface area contributed by atoms with Gasteiger partial charge in [-0.3, -0.25) is 0 Å². The zero-order chi connectivity index (χ0) is 10.7. The van der Waals surface area contributed by atoms with Crippen LogP contribution in [0.2, 0.25) is 0 Å². The topological polar surface area (TPSA) is 0 Å². The van der Waals surface area contributed by atoms with Gasteiger partial charge in [-0.2, -0.15) is 8.78 Å². The number of benzene rings is 2. The Hall–Kier alpha value is -1.09. The maximum absolute atomic E-state index is 12.1. The lowest BCUT2D eigenvalue weighted by Crippen LogP contribution is -1.87. The first-order valence-corrected chi connectivity index (χ1v) is 5.68. The lowest BCUT2D eigenvalue weighted by Gasteiger charge is -2.05. The maximum Gasteiger partial charge on any atom is 0.284 e. The molecule has 0 fully saturated rings. The lowest BCUT2D eigenvalue weighted by molar-refractivity contribution is 0.252. The molecule has 0 radical (unpaired) electrons. The normalized spacial score (nSPS) is 11.1. The van der Waals surface area contributed by atoms with Gasteiger partial charge in [0.1, 0.15) is 0 Å². The highest BCUT2D eigenvalue weighted by molar-refractivity contribution is 7.98. The SMILES string of the molecule is FC(F)SCc1cccc2ccccc12. The fourth-order valence-corrected chi connectivity index (χ4v) is 2.13. The van der Waals surface area contributed by atoms with E-state index in [1.165, 1.54) is 0 Å². The van der Waals surface area contributed by atoms with E-state index in [-0.39, 0.29) is 0 Å². The highest BCUT2D eigenvalue weighted by Gasteiger charge is 2.05. The summed E-state index contributed by atoms with van der Waals surface area (Å²) < 4.78 is 24.2. The number of rotatable bonds is 3. The maximum atomic E-state index is 12.1. The Kier molecular flexibility index (Phi) is 3.21. The first-order chi connectivity index (χ1) is 7.27. The highest BCUT2D eigenvalue weighted by Crippen LogP contribution is 2.25. The van der Waals surface area contributed by atoms with Crippen molar-refractivity contribution >= 4 is 22.5 Å². The number of hydrogen-bond acceptors (Lipinski definition) is 1. The van der Waals surface area contributed by atoms with Crippen LogP contribution in [0.4, 0.5) is 8.78 Å². The molecule has 78 valence electrons. The van der Waals surface area contributed by atoms with Crippen molar-refractivity contribution < 1.29 is 8.78 Å². The van der Waals surface area contributed by atoms with Crippen LogP contribution in [0.3, 0.4) is 0 Å². The van der Waals surface area contributed by atoms with Crippen LogP contribution >= 0.6 is 11.8 Å². The molecule has 0 unspecified atom stereocenters. The van der Waals surface area contributed by atoms with E-state index in [0.29, 0.717) is 17.5 Å². The van der Waals surface area contributed by atoms with Gasteiger partial charge < -0.3 is 0 Å². The minimum Gasteiger partial charge on any atom is -0.198 e. The number of alkyl halides is 2.